The highest BCUT2D eigenvalue weighted by Gasteiger charge is 2.36. The van der Waals surface area contributed by atoms with Crippen molar-refractivity contribution in [3.8, 4) is 0 Å². The molecule has 44 heteroatoms. The zero-order valence-corrected chi connectivity index (χ0v) is 79.3. The van der Waals surface area contributed by atoms with E-state index in [1.807, 2.05) is 41.5 Å². The third-order valence-electron chi connectivity index (χ3n) is 13.7. The molecule has 0 aromatic rings. The number of rotatable bonds is 77. The zero-order valence-electron chi connectivity index (χ0n) is 69.8. The molecule has 0 radical (unpaired) electrons. The van der Waals surface area contributed by atoms with E-state index in [1.54, 1.807) is 0 Å². The van der Waals surface area contributed by atoms with Crippen molar-refractivity contribution in [3.63, 3.8) is 0 Å². The number of carbonyl (C=O) groups is 8. The van der Waals surface area contributed by atoms with Crippen LogP contribution in [0.5, 0.6) is 0 Å². The number of hydrogen-bond donors (Lipinski definition) is 2. The molecule has 0 aromatic heterocycles. The SMILES string of the molecule is C.CC(C)(C)OC(=O)CCOCCOCCOCCOCCOCCOCCOCCOCCOCCOCCOCCOCCN1C(=O)C(Br)=C(Br)C1=O.CC(C)(C)OC(=O)CCOCCOCCOCCOCCOCCOCCOCCOCCOCCOCCOCCOCCO.CN1C(=O)C(Br)=C(Br)C1=O.O=C1NC(=O)C(Br)=C1Br. The summed E-state index contributed by atoms with van der Waals surface area (Å²) < 4.78 is 142. The van der Waals surface area contributed by atoms with E-state index in [0.717, 1.165) is 9.80 Å². The summed E-state index contributed by atoms with van der Waals surface area (Å²) in [6, 6.07) is 0. The fourth-order valence-corrected chi connectivity index (χ4v) is 10.3. The van der Waals surface area contributed by atoms with E-state index in [4.69, 9.17) is 128 Å². The Morgan fingerprint density at radius 2 is 0.425 bits per heavy atom. The second-order valence-corrected chi connectivity index (χ2v) is 30.4. The second kappa shape index (κ2) is 83.4. The number of carbonyl (C=O) groups excluding carboxylic acids is 8. The number of aliphatic hydroxyl groups excluding tert-OH is 1. The predicted octanol–water partition coefficient (Wildman–Crippen LogP) is 5.46. The summed E-state index contributed by atoms with van der Waals surface area (Å²) in [7, 11) is 1.43. The highest BCUT2D eigenvalue weighted by Crippen LogP contribution is 2.30. The average Bonchev–Trinajstić information content (AvgIpc) is 1.68. The van der Waals surface area contributed by atoms with Crippen LogP contribution in [0.15, 0.2) is 26.9 Å². The molecule has 3 aliphatic heterocycles. The lowest BCUT2D eigenvalue weighted by molar-refractivity contribution is -0.157. The van der Waals surface area contributed by atoms with Gasteiger partial charge in [0.2, 0.25) is 0 Å². The normalized spacial score (nSPS) is 13.7. The van der Waals surface area contributed by atoms with E-state index in [0.29, 0.717) is 319 Å². The smallest absolute Gasteiger partial charge is 0.308 e. The number of nitrogens with one attached hydrogen (secondary N) is 1. The topological polar surface area (TPSA) is 415 Å². The Hall–Kier alpha value is -2.54. The molecule has 3 rings (SSSR count). The first-order valence-electron chi connectivity index (χ1n) is 38.9. The van der Waals surface area contributed by atoms with E-state index < -0.39 is 23.0 Å². The molecule has 0 bridgehead atoms. The van der Waals surface area contributed by atoms with Gasteiger partial charge in [-0.15, -0.1) is 0 Å². The third kappa shape index (κ3) is 73.5. The van der Waals surface area contributed by atoms with Crippen LogP contribution in [0.2, 0.25) is 0 Å². The molecule has 120 heavy (non-hydrogen) atoms. The molecule has 0 atom stereocenters. The maximum atomic E-state index is 11.9. The Bertz CT molecular complexity index is 2670. The van der Waals surface area contributed by atoms with Crippen LogP contribution in [0.3, 0.4) is 0 Å². The molecular weight excluding hydrogens is 1990 g/mol. The van der Waals surface area contributed by atoms with Gasteiger partial charge in [-0.2, -0.15) is 0 Å². The van der Waals surface area contributed by atoms with Crippen LogP contribution in [-0.2, 0) is 162 Å². The van der Waals surface area contributed by atoms with Gasteiger partial charge in [0.15, 0.2) is 0 Å². The average molecular weight is 2130 g/mol. The number of halogens is 6. The zero-order chi connectivity index (χ0) is 88.1. The maximum Gasteiger partial charge on any atom is 0.308 e. The van der Waals surface area contributed by atoms with E-state index in [2.05, 4.69) is 101 Å². The number of aliphatic hydroxyl groups is 1. The van der Waals surface area contributed by atoms with E-state index in [1.165, 1.54) is 7.05 Å². The van der Waals surface area contributed by atoms with Gasteiger partial charge in [0.1, 0.15) is 38.1 Å². The molecule has 6 amide bonds. The minimum atomic E-state index is -0.481. The molecule has 3 aliphatic rings. The maximum absolute atomic E-state index is 11.9. The number of nitrogens with zero attached hydrogens (tertiary/aromatic N) is 2. The van der Waals surface area contributed by atoms with Crippen molar-refractivity contribution in [1.82, 2.24) is 15.1 Å². The molecule has 0 spiro atoms. The highest BCUT2D eigenvalue weighted by molar-refractivity contribution is 9.15. The monoisotopic (exact) mass is 2120 g/mol. The van der Waals surface area contributed by atoms with Gasteiger partial charge in [0, 0.05) is 7.05 Å². The predicted molar refractivity (Wildman–Crippen MR) is 457 cm³/mol. The van der Waals surface area contributed by atoms with Crippen molar-refractivity contribution in [2.45, 2.75) is 73.0 Å². The summed E-state index contributed by atoms with van der Waals surface area (Å²) in [5.74, 6) is -2.70. The highest BCUT2D eigenvalue weighted by atomic mass is 79.9. The van der Waals surface area contributed by atoms with Gasteiger partial charge in [-0.1, -0.05) is 7.43 Å². The van der Waals surface area contributed by atoms with Gasteiger partial charge in [-0.25, -0.2) is 0 Å². The first-order valence-corrected chi connectivity index (χ1v) is 43.6. The third-order valence-corrected chi connectivity index (χ3v) is 19.7. The number of imide groups is 3. The largest absolute Gasteiger partial charge is 0.460 e. The van der Waals surface area contributed by atoms with Crippen molar-refractivity contribution in [3.05, 3.63) is 26.9 Å². The summed E-state index contributed by atoms with van der Waals surface area (Å²) in [6.07, 6.45) is 0.454. The van der Waals surface area contributed by atoms with Gasteiger partial charge in [0.25, 0.3) is 35.4 Å². The minimum absolute atomic E-state index is 0. The number of esters is 2. The molecule has 0 fully saturated rings. The van der Waals surface area contributed by atoms with Crippen molar-refractivity contribution < 1.29 is 167 Å². The van der Waals surface area contributed by atoms with Crippen molar-refractivity contribution in [1.29, 1.82) is 0 Å². The van der Waals surface area contributed by atoms with Crippen LogP contribution in [0.25, 0.3) is 0 Å². The second-order valence-electron chi connectivity index (χ2n) is 25.7. The lowest BCUT2D eigenvalue weighted by Gasteiger charge is -2.19. The Kier molecular flexibility index (Phi) is 83.0. The quantitative estimate of drug-likeness (QED) is 0.0433. The van der Waals surface area contributed by atoms with Crippen molar-refractivity contribution in [2.24, 2.45) is 0 Å². The minimum Gasteiger partial charge on any atom is -0.460 e. The molecule has 702 valence electrons. The molecule has 0 aliphatic carbocycles. The number of ether oxygens (including phenoxy) is 26. The summed E-state index contributed by atoms with van der Waals surface area (Å²) in [5.41, 5.74) is -0.956. The van der Waals surface area contributed by atoms with Crippen LogP contribution in [0.1, 0.15) is 61.8 Å². The van der Waals surface area contributed by atoms with Crippen LogP contribution >= 0.6 is 95.6 Å². The van der Waals surface area contributed by atoms with E-state index in [-0.39, 0.29) is 93.5 Å². The van der Waals surface area contributed by atoms with Gasteiger partial charge in [0.05, 0.1) is 343 Å². The summed E-state index contributed by atoms with van der Waals surface area (Å²) >= 11 is 17.9. The Balaban J connectivity index is 0. The first kappa shape index (κ1) is 120. The number of likely N-dealkylation sites (N-methyl/N-ethyl adjacent to an activating group) is 1. The lowest BCUT2D eigenvalue weighted by atomic mass is 10.2. The number of hydrogen-bond acceptors (Lipinski definition) is 35. The molecular formula is C76H131Br6N3O35. The van der Waals surface area contributed by atoms with Gasteiger partial charge in [-0.05, 0) is 137 Å². The molecule has 0 aromatic carbocycles. The van der Waals surface area contributed by atoms with Crippen LogP contribution in [0, 0.1) is 0 Å². The molecule has 0 saturated carbocycles. The molecule has 3 heterocycles. The van der Waals surface area contributed by atoms with Crippen molar-refractivity contribution >= 4 is 143 Å². The van der Waals surface area contributed by atoms with Gasteiger partial charge < -0.3 is 128 Å². The lowest BCUT2D eigenvalue weighted by Crippen LogP contribution is -2.34. The van der Waals surface area contributed by atoms with Crippen LogP contribution < -0.4 is 5.32 Å². The van der Waals surface area contributed by atoms with Gasteiger partial charge >= 0.3 is 11.9 Å². The van der Waals surface area contributed by atoms with E-state index >= 15 is 0 Å². The number of amides is 6. The fraction of sp³-hybridized carbons (Fsp3) is 0.816. The molecule has 0 saturated heterocycles. The fourth-order valence-electron chi connectivity index (χ4n) is 8.07. The Morgan fingerprint density at radius 1 is 0.267 bits per heavy atom. The molecule has 2 N–H and O–H groups in total. The van der Waals surface area contributed by atoms with Crippen LogP contribution in [-0.4, -0.2) is 411 Å². The van der Waals surface area contributed by atoms with E-state index in [9.17, 15) is 38.4 Å². The Labute approximate surface area is 756 Å². The van der Waals surface area contributed by atoms with Crippen molar-refractivity contribution in [2.75, 3.05) is 337 Å². The summed E-state index contributed by atoms with van der Waals surface area (Å²) in [4.78, 5) is 91.9. The first-order chi connectivity index (χ1) is 57.3. The summed E-state index contributed by atoms with van der Waals surface area (Å²) in [5, 5.41) is 10.6. The van der Waals surface area contributed by atoms with Crippen LogP contribution in [0.4, 0.5) is 0 Å². The molecule has 0 unspecified atom stereocenters. The Morgan fingerprint density at radius 3 is 0.567 bits per heavy atom. The summed E-state index contributed by atoms with van der Waals surface area (Å²) in [6.45, 7) is 33.0. The standard InChI is InChI=1S/C35H61Br2NO16.C31H62O15.C5H3Br2NO2.C4HBr2NO2.CH4/c1-35(2,3)54-30(39)4-6-42-8-10-44-12-14-46-16-18-48-20-22-50-24-26-52-28-29-53-27-25-51-23-21-49-19-17-47-15-13-45-11-9-43-7-5-38-33(40)31(36)32(37)34(38)41;1-31(2,3)46-30(33)4-6-34-8-10-36-12-14-38-16-18-40-20-22-42-24-26-44-28-29-45-27-25-43-23-21-41-19-17-39-15-13-37-11-9-35-7-5-32;1-8-4(9)2(6)3(7)5(8)10;5-1-2(6)4(9)7-3(1)8;/h4-29H2,1-3H3;32H,4-29H2,1-3H3;1H3;(H,7,8,9);1H4. The van der Waals surface area contributed by atoms with Gasteiger partial charge in [-0.3, -0.25) is 53.5 Å². The molecule has 38 nitrogen and oxygen atoms in total.